The van der Waals surface area contributed by atoms with Gasteiger partial charge in [-0.25, -0.2) is 15.0 Å². The van der Waals surface area contributed by atoms with Crippen LogP contribution in [-0.4, -0.2) is 15.0 Å². The number of hydrogen-bond acceptors (Lipinski definition) is 4. The molecule has 0 saturated carbocycles. The number of nitrogens with zero attached hydrogens (tertiary/aromatic N) is 3. The first kappa shape index (κ1) is 21.2. The molecule has 0 aliphatic carbocycles. The van der Waals surface area contributed by atoms with Gasteiger partial charge in [0, 0.05) is 36.9 Å². The smallest absolute Gasteiger partial charge is 0.164 e. The van der Waals surface area contributed by atoms with Crippen LogP contribution in [0.4, 0.5) is 0 Å². The highest BCUT2D eigenvalue weighted by atomic mass is 35.5. The number of hydrogen-bond donors (Lipinski definition) is 0. The van der Waals surface area contributed by atoms with Crippen LogP contribution in [0.15, 0.2) is 109 Å². The van der Waals surface area contributed by atoms with Crippen molar-refractivity contribution >= 4 is 53.9 Å². The fraction of sp³-hybridized carbons (Fsp3) is 0. The Balaban J connectivity index is 1.47. The molecule has 2 heterocycles. The summed E-state index contributed by atoms with van der Waals surface area (Å²) in [5.74, 6) is 1.88. The Bertz CT molecular complexity index is 1840. The third-order valence-electron chi connectivity index (χ3n) is 6.37. The maximum absolute atomic E-state index is 6.93. The molecule has 3 nitrogen and oxygen atoms in total. The Morgan fingerprint density at radius 3 is 1.78 bits per heavy atom. The lowest BCUT2D eigenvalue weighted by Gasteiger charge is -2.09. The van der Waals surface area contributed by atoms with Crippen molar-refractivity contribution in [3.63, 3.8) is 0 Å². The van der Waals surface area contributed by atoms with E-state index in [9.17, 15) is 0 Å². The number of halogens is 1. The van der Waals surface area contributed by atoms with Crippen molar-refractivity contribution in [1.82, 2.24) is 15.0 Å². The summed E-state index contributed by atoms with van der Waals surface area (Å²) in [6, 6.07) is 36.9. The second-order valence-corrected chi connectivity index (χ2v) is 10.1. The van der Waals surface area contributed by atoms with Gasteiger partial charge in [0.15, 0.2) is 17.5 Å². The molecule has 0 atom stereocenters. The minimum Gasteiger partial charge on any atom is -0.208 e. The van der Waals surface area contributed by atoms with Crippen molar-refractivity contribution in [3.05, 3.63) is 114 Å². The van der Waals surface area contributed by atoms with E-state index in [0.29, 0.717) is 22.5 Å². The molecule has 0 radical (unpaired) electrons. The number of aromatic nitrogens is 3. The second-order valence-electron chi connectivity index (χ2n) is 8.63. The Morgan fingerprint density at radius 2 is 1.11 bits per heavy atom. The monoisotopic (exact) mass is 499 g/mol. The Labute approximate surface area is 216 Å². The van der Waals surface area contributed by atoms with Crippen LogP contribution >= 0.6 is 22.9 Å². The largest absolute Gasteiger partial charge is 0.208 e. The molecule has 0 spiro atoms. The molecule has 2 aromatic heterocycles. The molecule has 7 rings (SSSR count). The van der Waals surface area contributed by atoms with Crippen molar-refractivity contribution in [2.24, 2.45) is 0 Å². The van der Waals surface area contributed by atoms with E-state index < -0.39 is 0 Å². The normalized spacial score (nSPS) is 11.5. The van der Waals surface area contributed by atoms with Gasteiger partial charge in [0.05, 0.1) is 5.02 Å². The molecule has 36 heavy (non-hydrogen) atoms. The summed E-state index contributed by atoms with van der Waals surface area (Å²) in [4.78, 5) is 14.6. The third kappa shape index (κ3) is 3.54. The first-order chi connectivity index (χ1) is 17.7. The minimum absolute atomic E-state index is 0.605. The topological polar surface area (TPSA) is 38.7 Å². The van der Waals surface area contributed by atoms with Gasteiger partial charge in [0.25, 0.3) is 0 Å². The van der Waals surface area contributed by atoms with Gasteiger partial charge in [0.2, 0.25) is 0 Å². The molecule has 7 aromatic rings. The molecule has 0 bridgehead atoms. The first-order valence-electron chi connectivity index (χ1n) is 11.7. The molecule has 170 valence electrons. The van der Waals surface area contributed by atoms with Gasteiger partial charge < -0.3 is 0 Å². The minimum atomic E-state index is 0.605. The summed E-state index contributed by atoms with van der Waals surface area (Å²) < 4.78 is 2.36. The van der Waals surface area contributed by atoms with Gasteiger partial charge in [-0.1, -0.05) is 109 Å². The third-order valence-corrected chi connectivity index (χ3v) is 7.86. The molecule has 0 saturated heterocycles. The van der Waals surface area contributed by atoms with Crippen LogP contribution in [0, 0.1) is 0 Å². The lowest BCUT2D eigenvalue weighted by atomic mass is 10.0. The van der Waals surface area contributed by atoms with Crippen molar-refractivity contribution in [3.8, 4) is 34.2 Å². The van der Waals surface area contributed by atoms with Crippen molar-refractivity contribution in [2.45, 2.75) is 0 Å². The number of benzene rings is 5. The van der Waals surface area contributed by atoms with Crippen LogP contribution < -0.4 is 0 Å². The van der Waals surface area contributed by atoms with Crippen molar-refractivity contribution in [1.29, 1.82) is 0 Å². The summed E-state index contributed by atoms with van der Waals surface area (Å²) in [5, 5.41) is 5.42. The molecule has 5 heteroatoms. The van der Waals surface area contributed by atoms with Gasteiger partial charge in [-0.2, -0.15) is 0 Å². The zero-order chi connectivity index (χ0) is 24.1. The van der Waals surface area contributed by atoms with Gasteiger partial charge in [-0.05, 0) is 22.9 Å². The Kier molecular flexibility index (Phi) is 5.01. The number of rotatable bonds is 3. The van der Waals surface area contributed by atoms with Gasteiger partial charge in [-0.3, -0.25) is 0 Å². The molecule has 0 aliphatic heterocycles. The van der Waals surface area contributed by atoms with E-state index in [1.165, 1.54) is 20.9 Å². The van der Waals surface area contributed by atoms with Gasteiger partial charge >= 0.3 is 0 Å². The number of fused-ring (bicyclic) bond motifs is 5. The average molecular weight is 500 g/mol. The van der Waals surface area contributed by atoms with E-state index in [4.69, 9.17) is 26.6 Å². The van der Waals surface area contributed by atoms with Crippen LogP contribution in [-0.2, 0) is 0 Å². The van der Waals surface area contributed by atoms with E-state index in [0.717, 1.165) is 26.8 Å². The average Bonchev–Trinajstić information content (AvgIpc) is 3.33. The van der Waals surface area contributed by atoms with Crippen LogP contribution in [0.3, 0.4) is 0 Å². The molecular weight excluding hydrogens is 482 g/mol. The van der Waals surface area contributed by atoms with Gasteiger partial charge in [-0.15, -0.1) is 11.3 Å². The summed E-state index contributed by atoms with van der Waals surface area (Å²) in [6.45, 7) is 0. The molecule has 0 aliphatic rings. The summed E-state index contributed by atoms with van der Waals surface area (Å²) in [7, 11) is 0. The van der Waals surface area contributed by atoms with Crippen LogP contribution in [0.1, 0.15) is 0 Å². The summed E-state index contributed by atoms with van der Waals surface area (Å²) in [5.41, 5.74) is 2.76. The Hall–Kier alpha value is -4.12. The van der Waals surface area contributed by atoms with E-state index in [2.05, 4.69) is 42.5 Å². The second kappa shape index (κ2) is 8.52. The SMILES string of the molecule is Clc1cc(-c2nc(-c3ccccc3)nc(-c3ccccc3)n2)cc2sc3c4ccccc4ccc3c12. The first-order valence-corrected chi connectivity index (χ1v) is 12.8. The zero-order valence-electron chi connectivity index (χ0n) is 19.0. The maximum Gasteiger partial charge on any atom is 0.164 e. The maximum atomic E-state index is 6.93. The summed E-state index contributed by atoms with van der Waals surface area (Å²) >= 11 is 8.69. The van der Waals surface area contributed by atoms with Crippen molar-refractivity contribution < 1.29 is 0 Å². The molecular formula is C31H18ClN3S. The lowest BCUT2D eigenvalue weighted by molar-refractivity contribution is 1.07. The zero-order valence-corrected chi connectivity index (χ0v) is 20.6. The van der Waals surface area contributed by atoms with E-state index in [-0.39, 0.29) is 0 Å². The molecule has 0 N–H and O–H groups in total. The van der Waals surface area contributed by atoms with Crippen LogP contribution in [0.2, 0.25) is 5.02 Å². The van der Waals surface area contributed by atoms with Crippen LogP contribution in [0.5, 0.6) is 0 Å². The summed E-state index contributed by atoms with van der Waals surface area (Å²) in [6.07, 6.45) is 0. The predicted molar refractivity (Wildman–Crippen MR) is 152 cm³/mol. The van der Waals surface area contributed by atoms with Gasteiger partial charge in [0.1, 0.15) is 0 Å². The fourth-order valence-electron chi connectivity index (χ4n) is 4.65. The van der Waals surface area contributed by atoms with E-state index >= 15 is 0 Å². The molecule has 0 fully saturated rings. The molecule has 0 unspecified atom stereocenters. The van der Waals surface area contributed by atoms with E-state index in [1.807, 2.05) is 66.7 Å². The standard InChI is InChI=1S/C31H18ClN3S/c32-25-17-22(18-26-27(25)24-16-15-19-9-7-8-14-23(19)28(24)36-26)31-34-29(20-10-3-1-4-11-20)33-30(35-31)21-12-5-2-6-13-21/h1-18H. The molecule has 5 aromatic carbocycles. The lowest BCUT2D eigenvalue weighted by Crippen LogP contribution is -2.00. The van der Waals surface area contributed by atoms with Crippen molar-refractivity contribution in [2.75, 3.05) is 0 Å². The highest BCUT2D eigenvalue weighted by molar-refractivity contribution is 7.26. The highest BCUT2D eigenvalue weighted by Gasteiger charge is 2.16. The predicted octanol–water partition coefficient (Wildman–Crippen LogP) is 9.05. The fourth-order valence-corrected chi connectivity index (χ4v) is 6.33. The molecule has 0 amide bonds. The Morgan fingerprint density at radius 1 is 0.528 bits per heavy atom. The van der Waals surface area contributed by atoms with Crippen LogP contribution in [0.25, 0.3) is 65.1 Å². The highest BCUT2D eigenvalue weighted by Crippen LogP contribution is 2.43. The van der Waals surface area contributed by atoms with E-state index in [1.54, 1.807) is 11.3 Å². The number of thiophene rings is 1. The quantitative estimate of drug-likeness (QED) is 0.243.